The highest BCUT2D eigenvalue weighted by Gasteiger charge is 1.98. The molecule has 0 aliphatic rings. The number of unbranched alkanes of at least 4 members (excludes halogenated alkanes) is 1. The lowest BCUT2D eigenvalue weighted by Gasteiger charge is -2.03. The fourth-order valence-electron chi connectivity index (χ4n) is 1.18. The fourth-order valence-corrected chi connectivity index (χ4v) is 1.18. The molecule has 0 amide bonds. The first-order valence-corrected chi connectivity index (χ1v) is 4.87. The molecule has 0 aliphatic carbocycles. The molecule has 0 fully saturated rings. The molecule has 0 spiro atoms. The third-order valence-corrected chi connectivity index (χ3v) is 2.04. The number of aryl methyl sites for hydroxylation is 1. The Balaban J connectivity index is 2.02. The van der Waals surface area contributed by atoms with Gasteiger partial charge in [-0.2, -0.15) is 5.10 Å². The number of ether oxygens (including phenoxy) is 1. The lowest BCUT2D eigenvalue weighted by Crippen LogP contribution is -2.18. The first kappa shape index (κ1) is 11.1. The van der Waals surface area contributed by atoms with Gasteiger partial charge in [0.25, 0.3) is 0 Å². The molecule has 0 saturated carbocycles. The van der Waals surface area contributed by atoms with Crippen LogP contribution in [0.5, 0.6) is 0 Å². The van der Waals surface area contributed by atoms with Crippen LogP contribution in [0.15, 0.2) is 6.33 Å². The summed E-state index contributed by atoms with van der Waals surface area (Å²) in [5.74, 6) is 0.969. The third-order valence-electron chi connectivity index (χ3n) is 2.04. The lowest BCUT2D eigenvalue weighted by atomic mass is 10.3. The second-order valence-electron chi connectivity index (χ2n) is 3.18. The quantitative estimate of drug-likeness (QED) is 0.642. The second-order valence-corrected chi connectivity index (χ2v) is 3.18. The summed E-state index contributed by atoms with van der Waals surface area (Å²) in [5.41, 5.74) is 0. The number of hydrogen-bond donors (Lipinski definition) is 1. The van der Waals surface area contributed by atoms with E-state index in [2.05, 4.69) is 15.4 Å². The zero-order valence-electron chi connectivity index (χ0n) is 8.86. The van der Waals surface area contributed by atoms with Crippen LogP contribution < -0.4 is 5.32 Å². The van der Waals surface area contributed by atoms with E-state index in [0.29, 0.717) is 0 Å². The normalized spacial score (nSPS) is 10.7. The number of rotatable bonds is 7. The SMILES string of the molecule is COCCCCNCc1ncnn1C. The average molecular weight is 198 g/mol. The monoisotopic (exact) mass is 198 g/mol. The molecule has 5 nitrogen and oxygen atoms in total. The van der Waals surface area contributed by atoms with Crippen LogP contribution in [0.1, 0.15) is 18.7 Å². The maximum atomic E-state index is 4.96. The van der Waals surface area contributed by atoms with Gasteiger partial charge in [-0.1, -0.05) is 0 Å². The van der Waals surface area contributed by atoms with Crippen LogP contribution in [0.25, 0.3) is 0 Å². The standard InChI is InChI=1S/C9H18N4O/c1-13-9(11-8-12-13)7-10-5-3-4-6-14-2/h8,10H,3-7H2,1-2H3. The number of nitrogens with one attached hydrogen (secondary N) is 1. The molecule has 0 aromatic carbocycles. The molecule has 5 heteroatoms. The van der Waals surface area contributed by atoms with Gasteiger partial charge in [0.15, 0.2) is 0 Å². The average Bonchev–Trinajstić information content (AvgIpc) is 2.58. The van der Waals surface area contributed by atoms with Gasteiger partial charge < -0.3 is 10.1 Å². The Labute approximate surface area is 84.5 Å². The van der Waals surface area contributed by atoms with Gasteiger partial charge in [0, 0.05) is 20.8 Å². The van der Waals surface area contributed by atoms with Gasteiger partial charge in [0.1, 0.15) is 12.2 Å². The van der Waals surface area contributed by atoms with Gasteiger partial charge >= 0.3 is 0 Å². The van der Waals surface area contributed by atoms with Crippen LogP contribution in [0.4, 0.5) is 0 Å². The molecular formula is C9H18N4O. The van der Waals surface area contributed by atoms with Crippen LogP contribution in [0.3, 0.4) is 0 Å². The molecule has 0 atom stereocenters. The zero-order chi connectivity index (χ0) is 10.2. The van der Waals surface area contributed by atoms with E-state index in [1.807, 2.05) is 7.05 Å². The molecule has 1 aromatic rings. The smallest absolute Gasteiger partial charge is 0.140 e. The van der Waals surface area contributed by atoms with Crippen molar-refractivity contribution in [2.24, 2.45) is 7.05 Å². The summed E-state index contributed by atoms with van der Waals surface area (Å²) in [7, 11) is 3.63. The summed E-state index contributed by atoms with van der Waals surface area (Å²) >= 11 is 0. The minimum Gasteiger partial charge on any atom is -0.385 e. The van der Waals surface area contributed by atoms with Crippen LogP contribution in [-0.2, 0) is 18.3 Å². The van der Waals surface area contributed by atoms with E-state index in [1.54, 1.807) is 18.1 Å². The van der Waals surface area contributed by atoms with Crippen molar-refractivity contribution in [3.63, 3.8) is 0 Å². The van der Waals surface area contributed by atoms with Gasteiger partial charge in [-0.15, -0.1) is 0 Å². The van der Waals surface area contributed by atoms with Gasteiger partial charge in [-0.3, -0.25) is 4.68 Å². The van der Waals surface area contributed by atoms with Crippen molar-refractivity contribution >= 4 is 0 Å². The second kappa shape index (κ2) is 6.50. The first-order chi connectivity index (χ1) is 6.84. The molecule has 0 aliphatic heterocycles. The Bertz CT molecular complexity index is 249. The summed E-state index contributed by atoms with van der Waals surface area (Å²) in [6.07, 6.45) is 3.80. The third kappa shape index (κ3) is 3.85. The van der Waals surface area contributed by atoms with E-state index in [4.69, 9.17) is 4.74 Å². The number of hydrogen-bond acceptors (Lipinski definition) is 4. The van der Waals surface area contributed by atoms with Crippen molar-refractivity contribution in [1.82, 2.24) is 20.1 Å². The minimum atomic E-state index is 0.781. The molecule has 0 saturated heterocycles. The molecular weight excluding hydrogens is 180 g/mol. The van der Waals surface area contributed by atoms with Crippen LogP contribution in [0, 0.1) is 0 Å². The van der Waals surface area contributed by atoms with Gasteiger partial charge in [0.2, 0.25) is 0 Å². The van der Waals surface area contributed by atoms with E-state index in [0.717, 1.165) is 38.4 Å². The van der Waals surface area contributed by atoms with E-state index in [-0.39, 0.29) is 0 Å². The predicted molar refractivity (Wildman–Crippen MR) is 53.8 cm³/mol. The Hall–Kier alpha value is -0.940. The topological polar surface area (TPSA) is 52.0 Å². The molecule has 14 heavy (non-hydrogen) atoms. The molecule has 0 unspecified atom stereocenters. The van der Waals surface area contributed by atoms with Gasteiger partial charge in [-0.05, 0) is 19.4 Å². The maximum Gasteiger partial charge on any atom is 0.140 e. The van der Waals surface area contributed by atoms with Crippen LogP contribution in [0.2, 0.25) is 0 Å². The van der Waals surface area contributed by atoms with Crippen molar-refractivity contribution in [3.8, 4) is 0 Å². The molecule has 1 rings (SSSR count). The highest BCUT2D eigenvalue weighted by molar-refractivity contribution is 4.81. The van der Waals surface area contributed by atoms with E-state index in [1.165, 1.54) is 0 Å². The predicted octanol–water partition coefficient (Wildman–Crippen LogP) is 0.331. The Morgan fingerprint density at radius 2 is 2.36 bits per heavy atom. The maximum absolute atomic E-state index is 4.96. The summed E-state index contributed by atoms with van der Waals surface area (Å²) in [4.78, 5) is 4.11. The molecule has 0 radical (unpaired) electrons. The number of nitrogens with zero attached hydrogens (tertiary/aromatic N) is 3. The summed E-state index contributed by atoms with van der Waals surface area (Å²) < 4.78 is 6.74. The Morgan fingerprint density at radius 3 is 3.00 bits per heavy atom. The molecule has 1 heterocycles. The fraction of sp³-hybridized carbons (Fsp3) is 0.778. The number of aromatic nitrogens is 3. The van der Waals surface area contributed by atoms with Crippen LogP contribution in [-0.4, -0.2) is 35.0 Å². The van der Waals surface area contributed by atoms with Gasteiger partial charge in [0.05, 0.1) is 6.54 Å². The molecule has 1 aromatic heterocycles. The Morgan fingerprint density at radius 1 is 1.50 bits per heavy atom. The van der Waals surface area contributed by atoms with Crippen molar-refractivity contribution in [2.75, 3.05) is 20.3 Å². The van der Waals surface area contributed by atoms with Crippen molar-refractivity contribution in [1.29, 1.82) is 0 Å². The first-order valence-electron chi connectivity index (χ1n) is 4.87. The van der Waals surface area contributed by atoms with Crippen molar-refractivity contribution < 1.29 is 4.74 Å². The molecule has 80 valence electrons. The van der Waals surface area contributed by atoms with Gasteiger partial charge in [-0.25, -0.2) is 4.98 Å². The highest BCUT2D eigenvalue weighted by atomic mass is 16.5. The van der Waals surface area contributed by atoms with E-state index in [9.17, 15) is 0 Å². The molecule has 1 N–H and O–H groups in total. The summed E-state index contributed by atoms with van der Waals surface area (Å²) in [6.45, 7) is 2.62. The van der Waals surface area contributed by atoms with E-state index < -0.39 is 0 Å². The highest BCUT2D eigenvalue weighted by Crippen LogP contribution is 1.91. The largest absolute Gasteiger partial charge is 0.385 e. The zero-order valence-corrected chi connectivity index (χ0v) is 8.86. The molecule has 0 bridgehead atoms. The van der Waals surface area contributed by atoms with Crippen molar-refractivity contribution in [2.45, 2.75) is 19.4 Å². The van der Waals surface area contributed by atoms with Crippen molar-refractivity contribution in [3.05, 3.63) is 12.2 Å². The van der Waals surface area contributed by atoms with E-state index >= 15 is 0 Å². The lowest BCUT2D eigenvalue weighted by molar-refractivity contribution is 0.192. The minimum absolute atomic E-state index is 0.781. The number of methoxy groups -OCH3 is 1. The summed E-state index contributed by atoms with van der Waals surface area (Å²) in [5, 5.41) is 7.30. The summed E-state index contributed by atoms with van der Waals surface area (Å²) in [6, 6.07) is 0. The van der Waals surface area contributed by atoms with Crippen LogP contribution >= 0.6 is 0 Å². The Kier molecular flexibility index (Phi) is 5.17.